The first kappa shape index (κ1) is 19.3. The highest BCUT2D eigenvalue weighted by atomic mass is 32.2. The Morgan fingerprint density at radius 3 is 2.14 bits per heavy atom. The molecule has 142 valence electrons. The third kappa shape index (κ3) is 4.63. The van der Waals surface area contributed by atoms with E-state index in [1.54, 1.807) is 60.7 Å². The summed E-state index contributed by atoms with van der Waals surface area (Å²) in [6, 6.07) is 21.3. The monoisotopic (exact) mass is 394 g/mol. The van der Waals surface area contributed by atoms with Crippen LogP contribution in [0.25, 0.3) is 0 Å². The number of carbonyl (C=O) groups excluding carboxylic acids is 2. The van der Waals surface area contributed by atoms with E-state index in [2.05, 4.69) is 10.6 Å². The Morgan fingerprint density at radius 2 is 1.43 bits per heavy atom. The maximum absolute atomic E-state index is 12.7. The summed E-state index contributed by atoms with van der Waals surface area (Å²) < 4.78 is 23.4. The van der Waals surface area contributed by atoms with Gasteiger partial charge in [0.05, 0.1) is 16.1 Å². The highest BCUT2D eigenvalue weighted by Crippen LogP contribution is 2.20. The number of hydrogen-bond acceptors (Lipinski definition) is 4. The molecule has 3 aromatic rings. The van der Waals surface area contributed by atoms with E-state index in [9.17, 15) is 18.0 Å². The van der Waals surface area contributed by atoms with E-state index in [-0.39, 0.29) is 16.4 Å². The van der Waals surface area contributed by atoms with Gasteiger partial charge in [-0.15, -0.1) is 0 Å². The predicted molar refractivity (Wildman–Crippen MR) is 108 cm³/mol. The van der Waals surface area contributed by atoms with E-state index in [1.807, 2.05) is 6.07 Å². The van der Waals surface area contributed by atoms with Crippen LogP contribution in [0.2, 0.25) is 0 Å². The topological polar surface area (TPSA) is 92.3 Å². The van der Waals surface area contributed by atoms with Crippen molar-refractivity contribution < 1.29 is 18.0 Å². The molecule has 0 atom stereocenters. The van der Waals surface area contributed by atoms with Crippen LogP contribution in [0.15, 0.2) is 83.8 Å². The molecule has 2 amide bonds. The summed E-state index contributed by atoms with van der Waals surface area (Å²) in [4.78, 5) is 25.2. The van der Waals surface area contributed by atoms with Crippen LogP contribution in [0.1, 0.15) is 20.7 Å². The van der Waals surface area contributed by atoms with Crippen LogP contribution in [-0.4, -0.2) is 26.5 Å². The zero-order valence-corrected chi connectivity index (χ0v) is 15.9. The van der Waals surface area contributed by atoms with Crippen LogP contribution in [0.4, 0.5) is 11.4 Å². The van der Waals surface area contributed by atoms with Gasteiger partial charge in [0.25, 0.3) is 11.8 Å². The fraction of sp³-hybridized carbons (Fsp3) is 0.0476. The molecule has 0 heterocycles. The highest BCUT2D eigenvalue weighted by Gasteiger charge is 2.15. The van der Waals surface area contributed by atoms with Crippen LogP contribution >= 0.6 is 0 Å². The maximum Gasteiger partial charge on any atom is 0.257 e. The second-order valence-electron chi connectivity index (χ2n) is 6.12. The molecule has 0 aromatic heterocycles. The number of sulfone groups is 1. The molecule has 0 spiro atoms. The zero-order valence-electron chi connectivity index (χ0n) is 15.0. The quantitative estimate of drug-likeness (QED) is 0.692. The number of hydrogen-bond donors (Lipinski definition) is 2. The molecule has 0 aliphatic rings. The van der Waals surface area contributed by atoms with Gasteiger partial charge in [0.15, 0.2) is 9.84 Å². The summed E-state index contributed by atoms with van der Waals surface area (Å²) in [5, 5.41) is 5.40. The van der Waals surface area contributed by atoms with Gasteiger partial charge in [0.1, 0.15) is 0 Å². The smallest absolute Gasteiger partial charge is 0.257 e. The van der Waals surface area contributed by atoms with E-state index >= 15 is 0 Å². The normalized spacial score (nSPS) is 10.9. The Bertz CT molecular complexity index is 1130. The summed E-state index contributed by atoms with van der Waals surface area (Å²) in [6.07, 6.45) is 1.10. The van der Waals surface area contributed by atoms with E-state index in [0.717, 1.165) is 6.26 Å². The second-order valence-corrected chi connectivity index (χ2v) is 8.14. The van der Waals surface area contributed by atoms with Gasteiger partial charge in [0.2, 0.25) is 0 Å². The van der Waals surface area contributed by atoms with Crippen molar-refractivity contribution in [2.75, 3.05) is 16.9 Å². The van der Waals surface area contributed by atoms with E-state index in [1.165, 1.54) is 12.1 Å². The lowest BCUT2D eigenvalue weighted by Gasteiger charge is -2.12. The lowest BCUT2D eigenvalue weighted by Crippen LogP contribution is -2.18. The number of para-hydroxylation sites is 1. The van der Waals surface area contributed by atoms with E-state index in [0.29, 0.717) is 16.9 Å². The van der Waals surface area contributed by atoms with Crippen molar-refractivity contribution in [2.45, 2.75) is 4.90 Å². The van der Waals surface area contributed by atoms with Crippen LogP contribution in [0.3, 0.4) is 0 Å². The average Bonchev–Trinajstić information content (AvgIpc) is 2.68. The van der Waals surface area contributed by atoms with Gasteiger partial charge in [-0.2, -0.15) is 0 Å². The molecule has 6 nitrogen and oxygen atoms in total. The molecule has 0 aliphatic heterocycles. The standard InChI is InChI=1S/C21H18N2O4S/c1-28(26,27)17-11-7-10-16(14-17)22-21(25)18-12-5-6-13-19(18)23-20(24)15-8-3-2-4-9-15/h2-14H,1H3,(H,22,25)(H,23,24). The third-order valence-electron chi connectivity index (χ3n) is 3.98. The third-order valence-corrected chi connectivity index (χ3v) is 5.09. The molecule has 0 radical (unpaired) electrons. The molecule has 0 aliphatic carbocycles. The second kappa shape index (κ2) is 8.06. The number of rotatable bonds is 5. The first-order chi connectivity index (χ1) is 13.3. The largest absolute Gasteiger partial charge is 0.322 e. The van der Waals surface area contributed by atoms with Gasteiger partial charge in [-0.3, -0.25) is 9.59 Å². The summed E-state index contributed by atoms with van der Waals surface area (Å²) in [6.45, 7) is 0. The number of nitrogens with one attached hydrogen (secondary N) is 2. The summed E-state index contributed by atoms with van der Waals surface area (Å²) >= 11 is 0. The van der Waals surface area contributed by atoms with Gasteiger partial charge >= 0.3 is 0 Å². The Kier molecular flexibility index (Phi) is 5.56. The predicted octanol–water partition coefficient (Wildman–Crippen LogP) is 3.59. The van der Waals surface area contributed by atoms with Crippen LogP contribution < -0.4 is 10.6 Å². The van der Waals surface area contributed by atoms with E-state index < -0.39 is 15.7 Å². The number of benzene rings is 3. The van der Waals surface area contributed by atoms with Gasteiger partial charge in [-0.05, 0) is 42.5 Å². The van der Waals surface area contributed by atoms with Gasteiger partial charge in [0, 0.05) is 17.5 Å². The molecule has 3 rings (SSSR count). The fourth-order valence-corrected chi connectivity index (χ4v) is 3.24. The summed E-state index contributed by atoms with van der Waals surface area (Å²) in [5.74, 6) is -0.797. The molecule has 28 heavy (non-hydrogen) atoms. The van der Waals surface area contributed by atoms with Crippen molar-refractivity contribution in [2.24, 2.45) is 0 Å². The SMILES string of the molecule is CS(=O)(=O)c1cccc(NC(=O)c2ccccc2NC(=O)c2ccccc2)c1. The molecule has 0 saturated heterocycles. The maximum atomic E-state index is 12.7. The lowest BCUT2D eigenvalue weighted by atomic mass is 10.1. The Morgan fingerprint density at radius 1 is 0.750 bits per heavy atom. The molecular formula is C21H18N2O4S. The van der Waals surface area contributed by atoms with Crippen molar-refractivity contribution >= 4 is 33.0 Å². The highest BCUT2D eigenvalue weighted by molar-refractivity contribution is 7.90. The molecule has 7 heteroatoms. The summed E-state index contributed by atoms with van der Waals surface area (Å²) in [7, 11) is -3.39. The molecular weight excluding hydrogens is 376 g/mol. The lowest BCUT2D eigenvalue weighted by molar-refractivity contribution is 0.102. The first-order valence-electron chi connectivity index (χ1n) is 8.41. The number of anilines is 2. The van der Waals surface area contributed by atoms with Crippen LogP contribution in [0, 0.1) is 0 Å². The van der Waals surface area contributed by atoms with Crippen molar-refractivity contribution in [3.05, 3.63) is 90.0 Å². The van der Waals surface area contributed by atoms with Gasteiger partial charge < -0.3 is 10.6 Å². The minimum Gasteiger partial charge on any atom is -0.322 e. The summed E-state index contributed by atoms with van der Waals surface area (Å²) in [5.41, 5.74) is 1.43. The Hall–Kier alpha value is -3.45. The van der Waals surface area contributed by atoms with Crippen molar-refractivity contribution in [1.82, 2.24) is 0 Å². The zero-order chi connectivity index (χ0) is 20.1. The molecule has 0 bridgehead atoms. The molecule has 0 saturated carbocycles. The molecule has 2 N–H and O–H groups in total. The van der Waals surface area contributed by atoms with Crippen molar-refractivity contribution in [1.29, 1.82) is 0 Å². The minimum absolute atomic E-state index is 0.107. The first-order valence-corrected chi connectivity index (χ1v) is 10.3. The fourth-order valence-electron chi connectivity index (χ4n) is 2.58. The van der Waals surface area contributed by atoms with Crippen LogP contribution in [-0.2, 0) is 9.84 Å². The number of amides is 2. The van der Waals surface area contributed by atoms with Gasteiger partial charge in [-0.25, -0.2) is 8.42 Å². The minimum atomic E-state index is -3.39. The number of carbonyl (C=O) groups is 2. The molecule has 3 aromatic carbocycles. The van der Waals surface area contributed by atoms with Crippen molar-refractivity contribution in [3.63, 3.8) is 0 Å². The molecule has 0 fully saturated rings. The van der Waals surface area contributed by atoms with E-state index in [4.69, 9.17) is 0 Å². The Balaban J connectivity index is 1.83. The average molecular weight is 394 g/mol. The van der Waals surface area contributed by atoms with Gasteiger partial charge in [-0.1, -0.05) is 36.4 Å². The molecule has 0 unspecified atom stereocenters. The van der Waals surface area contributed by atoms with Crippen LogP contribution in [0.5, 0.6) is 0 Å². The Labute approximate surface area is 163 Å². The van der Waals surface area contributed by atoms with Crippen molar-refractivity contribution in [3.8, 4) is 0 Å².